The van der Waals surface area contributed by atoms with E-state index < -0.39 is 0 Å². The minimum Gasteiger partial charge on any atom is -0.493 e. The molecule has 0 spiro atoms. The minimum atomic E-state index is 0.230. The van der Waals surface area contributed by atoms with Crippen molar-refractivity contribution in [2.24, 2.45) is 0 Å². The average Bonchev–Trinajstić information content (AvgIpc) is 2.31. The van der Waals surface area contributed by atoms with Crippen LogP contribution in [0.3, 0.4) is 0 Å². The van der Waals surface area contributed by atoms with Gasteiger partial charge in [-0.15, -0.1) is 6.58 Å². The normalized spacial score (nSPS) is 12.2. The van der Waals surface area contributed by atoms with Gasteiger partial charge in [0, 0.05) is 23.0 Å². The van der Waals surface area contributed by atoms with Gasteiger partial charge in [0.2, 0.25) is 0 Å². The van der Waals surface area contributed by atoms with Gasteiger partial charge in [0.1, 0.15) is 5.75 Å². The minimum absolute atomic E-state index is 0.230. The zero-order chi connectivity index (χ0) is 13.5. The molecule has 0 aliphatic rings. The Kier molecular flexibility index (Phi) is 6.23. The highest BCUT2D eigenvalue weighted by Crippen LogP contribution is 2.28. The van der Waals surface area contributed by atoms with E-state index in [4.69, 9.17) is 16.3 Å². The smallest absolute Gasteiger partial charge is 0.124 e. The Balaban J connectivity index is 2.79. The number of benzene rings is 1. The maximum Gasteiger partial charge on any atom is 0.124 e. The molecule has 1 rings (SSSR count). The van der Waals surface area contributed by atoms with E-state index >= 15 is 0 Å². The quantitative estimate of drug-likeness (QED) is 0.742. The Hall–Kier alpha value is -0.990. The van der Waals surface area contributed by atoms with Gasteiger partial charge in [-0.25, -0.2) is 0 Å². The molecule has 1 unspecified atom stereocenters. The van der Waals surface area contributed by atoms with Gasteiger partial charge >= 0.3 is 0 Å². The van der Waals surface area contributed by atoms with Gasteiger partial charge in [-0.2, -0.15) is 0 Å². The summed E-state index contributed by atoms with van der Waals surface area (Å²) in [6.07, 6.45) is 0.873. The molecule has 2 nitrogen and oxygen atoms in total. The standard InChI is InChI=1S/C15H22ClNO/c1-5-17-12(4)14-10-13(16)6-7-15(14)18-9-8-11(2)3/h6-7,10,12,17H,2,5,8-9H2,1,3-4H3. The van der Waals surface area contributed by atoms with E-state index in [1.54, 1.807) is 0 Å². The number of hydrogen-bond acceptors (Lipinski definition) is 2. The summed E-state index contributed by atoms with van der Waals surface area (Å²) in [6, 6.07) is 5.99. The monoisotopic (exact) mass is 267 g/mol. The third-order valence-electron chi connectivity index (χ3n) is 2.74. The molecule has 0 aromatic heterocycles. The van der Waals surface area contributed by atoms with Crippen molar-refractivity contribution in [3.63, 3.8) is 0 Å². The topological polar surface area (TPSA) is 21.3 Å². The second-order valence-electron chi connectivity index (χ2n) is 4.52. The molecular formula is C15H22ClNO. The van der Waals surface area contributed by atoms with Gasteiger partial charge in [0.25, 0.3) is 0 Å². The predicted octanol–water partition coefficient (Wildman–Crippen LogP) is 4.36. The molecular weight excluding hydrogens is 246 g/mol. The lowest BCUT2D eigenvalue weighted by atomic mass is 10.1. The lowest BCUT2D eigenvalue weighted by molar-refractivity contribution is 0.315. The summed E-state index contributed by atoms with van der Waals surface area (Å²) in [6.45, 7) is 11.7. The molecule has 1 N–H and O–H groups in total. The third-order valence-corrected chi connectivity index (χ3v) is 2.97. The van der Waals surface area contributed by atoms with Crippen LogP contribution in [0.5, 0.6) is 5.75 Å². The summed E-state index contributed by atoms with van der Waals surface area (Å²) in [4.78, 5) is 0. The maximum absolute atomic E-state index is 6.05. The summed E-state index contributed by atoms with van der Waals surface area (Å²) in [5.74, 6) is 0.897. The molecule has 1 aromatic carbocycles. The summed E-state index contributed by atoms with van der Waals surface area (Å²) in [5.41, 5.74) is 2.23. The van der Waals surface area contributed by atoms with Crippen LogP contribution in [-0.2, 0) is 0 Å². The van der Waals surface area contributed by atoms with E-state index in [0.717, 1.165) is 34.9 Å². The number of nitrogens with one attached hydrogen (secondary N) is 1. The fraction of sp³-hybridized carbons (Fsp3) is 0.467. The van der Waals surface area contributed by atoms with Crippen LogP contribution in [-0.4, -0.2) is 13.2 Å². The summed E-state index contributed by atoms with van der Waals surface area (Å²) < 4.78 is 5.81. The van der Waals surface area contributed by atoms with Crippen LogP contribution < -0.4 is 10.1 Å². The molecule has 0 heterocycles. The lowest BCUT2D eigenvalue weighted by Crippen LogP contribution is -2.18. The van der Waals surface area contributed by atoms with Crippen molar-refractivity contribution in [1.29, 1.82) is 0 Å². The highest BCUT2D eigenvalue weighted by molar-refractivity contribution is 6.30. The first-order valence-corrected chi connectivity index (χ1v) is 6.72. The van der Waals surface area contributed by atoms with Gasteiger partial charge < -0.3 is 10.1 Å². The van der Waals surface area contributed by atoms with Gasteiger partial charge in [-0.1, -0.05) is 24.1 Å². The van der Waals surface area contributed by atoms with Crippen molar-refractivity contribution >= 4 is 11.6 Å². The molecule has 0 saturated heterocycles. The first-order chi connectivity index (χ1) is 8.54. The molecule has 0 bridgehead atoms. The van der Waals surface area contributed by atoms with Crippen LogP contribution in [0.2, 0.25) is 5.02 Å². The van der Waals surface area contributed by atoms with E-state index in [0.29, 0.717) is 6.61 Å². The molecule has 0 aliphatic carbocycles. The Morgan fingerprint density at radius 2 is 2.22 bits per heavy atom. The molecule has 18 heavy (non-hydrogen) atoms. The van der Waals surface area contributed by atoms with Gasteiger partial charge in [-0.3, -0.25) is 0 Å². The van der Waals surface area contributed by atoms with Gasteiger partial charge in [-0.05, 0) is 38.6 Å². The fourth-order valence-corrected chi connectivity index (χ4v) is 1.92. The number of ether oxygens (including phenoxy) is 1. The SMILES string of the molecule is C=C(C)CCOc1ccc(Cl)cc1C(C)NCC. The highest BCUT2D eigenvalue weighted by atomic mass is 35.5. The van der Waals surface area contributed by atoms with Crippen molar-refractivity contribution < 1.29 is 4.74 Å². The fourth-order valence-electron chi connectivity index (χ4n) is 1.74. The van der Waals surface area contributed by atoms with Crippen molar-refractivity contribution in [2.75, 3.05) is 13.2 Å². The highest BCUT2D eigenvalue weighted by Gasteiger charge is 2.11. The molecule has 1 atom stereocenters. The maximum atomic E-state index is 6.05. The summed E-state index contributed by atoms with van der Waals surface area (Å²) in [7, 11) is 0. The Morgan fingerprint density at radius 1 is 1.50 bits per heavy atom. The van der Waals surface area contributed by atoms with E-state index in [1.165, 1.54) is 0 Å². The number of rotatable bonds is 7. The van der Waals surface area contributed by atoms with Crippen molar-refractivity contribution in [2.45, 2.75) is 33.2 Å². The van der Waals surface area contributed by atoms with Crippen LogP contribution in [0.1, 0.15) is 38.8 Å². The van der Waals surface area contributed by atoms with E-state index in [-0.39, 0.29) is 6.04 Å². The molecule has 0 radical (unpaired) electrons. The largest absolute Gasteiger partial charge is 0.493 e. The van der Waals surface area contributed by atoms with Gasteiger partial charge in [0.15, 0.2) is 0 Å². The number of halogens is 1. The van der Waals surface area contributed by atoms with Crippen LogP contribution in [0.15, 0.2) is 30.4 Å². The molecule has 0 amide bonds. The second kappa shape index (κ2) is 7.45. The molecule has 0 fully saturated rings. The Bertz CT molecular complexity index is 403. The number of hydrogen-bond donors (Lipinski definition) is 1. The lowest BCUT2D eigenvalue weighted by Gasteiger charge is -2.18. The molecule has 0 aliphatic heterocycles. The Morgan fingerprint density at radius 3 is 2.83 bits per heavy atom. The van der Waals surface area contributed by atoms with E-state index in [1.807, 2.05) is 25.1 Å². The van der Waals surface area contributed by atoms with Crippen LogP contribution in [0.25, 0.3) is 0 Å². The molecule has 0 saturated carbocycles. The van der Waals surface area contributed by atoms with Crippen LogP contribution in [0.4, 0.5) is 0 Å². The van der Waals surface area contributed by atoms with Crippen molar-refractivity contribution in [3.8, 4) is 5.75 Å². The first-order valence-electron chi connectivity index (χ1n) is 6.34. The van der Waals surface area contributed by atoms with Crippen LogP contribution in [0, 0.1) is 0 Å². The predicted molar refractivity (Wildman–Crippen MR) is 78.5 cm³/mol. The first kappa shape index (κ1) is 15.1. The molecule has 3 heteroatoms. The van der Waals surface area contributed by atoms with Crippen molar-refractivity contribution in [1.82, 2.24) is 5.32 Å². The third kappa shape index (κ3) is 4.71. The summed E-state index contributed by atoms with van der Waals surface area (Å²) >= 11 is 6.05. The van der Waals surface area contributed by atoms with Gasteiger partial charge in [0.05, 0.1) is 6.61 Å². The second-order valence-corrected chi connectivity index (χ2v) is 4.95. The zero-order valence-corrected chi connectivity index (χ0v) is 12.2. The van der Waals surface area contributed by atoms with E-state index in [9.17, 15) is 0 Å². The molecule has 1 aromatic rings. The summed E-state index contributed by atoms with van der Waals surface area (Å²) in [5, 5.41) is 4.11. The van der Waals surface area contributed by atoms with Crippen LogP contribution >= 0.6 is 11.6 Å². The molecule has 100 valence electrons. The average molecular weight is 268 g/mol. The van der Waals surface area contributed by atoms with Crippen molar-refractivity contribution in [3.05, 3.63) is 40.9 Å². The zero-order valence-electron chi connectivity index (χ0n) is 11.4. The Labute approximate surface area is 115 Å². The van der Waals surface area contributed by atoms with E-state index in [2.05, 4.69) is 25.7 Å².